The molecule has 0 saturated carbocycles. The summed E-state index contributed by atoms with van der Waals surface area (Å²) >= 11 is 7.22. The van der Waals surface area contributed by atoms with Crippen LogP contribution < -0.4 is 5.73 Å². The Kier molecular flexibility index (Phi) is 9.06. The Balaban J connectivity index is 2.32. The van der Waals surface area contributed by atoms with Gasteiger partial charge in [-0.3, -0.25) is 0 Å². The van der Waals surface area contributed by atoms with Crippen LogP contribution in [0.1, 0.15) is 75.5 Å². The van der Waals surface area contributed by atoms with Crippen LogP contribution in [0.25, 0.3) is 0 Å². The molecule has 0 aliphatic rings. The Morgan fingerprint density at radius 3 is 2.20 bits per heavy atom. The fourth-order valence-corrected chi connectivity index (χ4v) is 3.54. The molecule has 0 bridgehead atoms. The molecule has 1 atom stereocenters. The van der Waals surface area contributed by atoms with Crippen molar-refractivity contribution in [3.8, 4) is 0 Å². The van der Waals surface area contributed by atoms with Crippen molar-refractivity contribution in [2.24, 2.45) is 5.73 Å². The van der Waals surface area contributed by atoms with Gasteiger partial charge in [0.1, 0.15) is 0 Å². The van der Waals surface area contributed by atoms with E-state index >= 15 is 0 Å². The minimum absolute atomic E-state index is 0.136. The summed E-state index contributed by atoms with van der Waals surface area (Å²) in [6, 6.07) is 4.44. The highest BCUT2D eigenvalue weighted by Crippen LogP contribution is 2.31. The molecule has 0 aliphatic heterocycles. The summed E-state index contributed by atoms with van der Waals surface area (Å²) in [7, 11) is 0. The van der Waals surface area contributed by atoms with Crippen molar-refractivity contribution in [2.45, 2.75) is 71.3 Å². The lowest BCUT2D eigenvalue weighted by Gasteiger charge is -2.15. The zero-order valence-electron chi connectivity index (χ0n) is 12.7. The van der Waals surface area contributed by atoms with E-state index in [-0.39, 0.29) is 6.04 Å². The Morgan fingerprint density at radius 2 is 1.55 bits per heavy atom. The van der Waals surface area contributed by atoms with E-state index in [1.807, 2.05) is 0 Å². The molecule has 0 spiro atoms. The third-order valence-corrected chi connectivity index (χ3v) is 5.34. The standard InChI is InChI=1S/C17H27Br2N/c1-3-4-5-6-7-8-9-10-17(20)14-12-15(18)13(2)11-16(14)19/h11-12,17H,3-10,20H2,1-2H3. The van der Waals surface area contributed by atoms with Crippen LogP contribution in [-0.4, -0.2) is 0 Å². The van der Waals surface area contributed by atoms with Crippen molar-refractivity contribution < 1.29 is 0 Å². The van der Waals surface area contributed by atoms with Crippen LogP contribution in [0, 0.1) is 6.92 Å². The highest BCUT2D eigenvalue weighted by molar-refractivity contribution is 9.11. The second-order valence-electron chi connectivity index (χ2n) is 5.64. The van der Waals surface area contributed by atoms with E-state index < -0.39 is 0 Å². The summed E-state index contributed by atoms with van der Waals surface area (Å²) in [5.74, 6) is 0. The van der Waals surface area contributed by atoms with Crippen LogP contribution in [0.15, 0.2) is 21.1 Å². The van der Waals surface area contributed by atoms with Gasteiger partial charge in [-0.1, -0.05) is 83.7 Å². The maximum atomic E-state index is 6.33. The summed E-state index contributed by atoms with van der Waals surface area (Å²) in [6.07, 6.45) is 10.4. The first-order valence-corrected chi connectivity index (χ1v) is 9.36. The van der Waals surface area contributed by atoms with E-state index in [1.165, 1.54) is 56.1 Å². The number of rotatable bonds is 9. The van der Waals surface area contributed by atoms with E-state index in [0.29, 0.717) is 0 Å². The van der Waals surface area contributed by atoms with Crippen LogP contribution in [0.2, 0.25) is 0 Å². The first-order chi connectivity index (χ1) is 9.56. The molecule has 1 rings (SSSR count). The molecule has 1 unspecified atom stereocenters. The van der Waals surface area contributed by atoms with E-state index in [9.17, 15) is 0 Å². The van der Waals surface area contributed by atoms with Crippen molar-refractivity contribution in [2.75, 3.05) is 0 Å². The molecule has 1 nitrogen and oxygen atoms in total. The van der Waals surface area contributed by atoms with E-state index in [1.54, 1.807) is 0 Å². The van der Waals surface area contributed by atoms with Gasteiger partial charge in [-0.25, -0.2) is 0 Å². The van der Waals surface area contributed by atoms with Crippen molar-refractivity contribution in [3.63, 3.8) is 0 Å². The Bertz CT molecular complexity index is 404. The number of hydrogen-bond acceptors (Lipinski definition) is 1. The number of unbranched alkanes of at least 4 members (excludes halogenated alkanes) is 6. The maximum absolute atomic E-state index is 6.33. The van der Waals surface area contributed by atoms with Gasteiger partial charge < -0.3 is 5.73 Å². The molecule has 0 amide bonds. The molecule has 0 aromatic heterocycles. The number of hydrogen-bond donors (Lipinski definition) is 1. The quantitative estimate of drug-likeness (QED) is 0.457. The van der Waals surface area contributed by atoms with Gasteiger partial charge in [-0.15, -0.1) is 0 Å². The summed E-state index contributed by atoms with van der Waals surface area (Å²) in [5, 5.41) is 0. The third kappa shape index (κ3) is 6.28. The van der Waals surface area contributed by atoms with Crippen LogP contribution >= 0.6 is 31.9 Å². The van der Waals surface area contributed by atoms with Gasteiger partial charge in [0.05, 0.1) is 0 Å². The van der Waals surface area contributed by atoms with Gasteiger partial charge in [0.25, 0.3) is 0 Å². The molecule has 114 valence electrons. The molecule has 1 aromatic carbocycles. The molecule has 20 heavy (non-hydrogen) atoms. The van der Waals surface area contributed by atoms with Crippen molar-refractivity contribution in [1.82, 2.24) is 0 Å². The summed E-state index contributed by atoms with van der Waals surface area (Å²) in [6.45, 7) is 4.36. The van der Waals surface area contributed by atoms with Crippen molar-refractivity contribution >= 4 is 31.9 Å². The highest BCUT2D eigenvalue weighted by atomic mass is 79.9. The lowest BCUT2D eigenvalue weighted by atomic mass is 9.99. The van der Waals surface area contributed by atoms with Gasteiger partial charge in [0, 0.05) is 15.0 Å². The molecular formula is C17H27Br2N. The maximum Gasteiger partial charge on any atom is 0.0306 e. The fourth-order valence-electron chi connectivity index (χ4n) is 2.42. The van der Waals surface area contributed by atoms with Gasteiger partial charge in [-0.2, -0.15) is 0 Å². The predicted molar refractivity (Wildman–Crippen MR) is 96.1 cm³/mol. The number of halogens is 2. The van der Waals surface area contributed by atoms with Crippen LogP contribution in [0.5, 0.6) is 0 Å². The van der Waals surface area contributed by atoms with E-state index in [4.69, 9.17) is 5.73 Å². The number of nitrogens with two attached hydrogens (primary N) is 1. The number of benzene rings is 1. The van der Waals surface area contributed by atoms with Crippen LogP contribution in [-0.2, 0) is 0 Å². The Morgan fingerprint density at radius 1 is 0.950 bits per heavy atom. The topological polar surface area (TPSA) is 26.0 Å². The molecule has 2 N–H and O–H groups in total. The van der Waals surface area contributed by atoms with Gasteiger partial charge in [-0.05, 0) is 36.6 Å². The zero-order valence-corrected chi connectivity index (χ0v) is 15.9. The molecule has 3 heteroatoms. The summed E-state index contributed by atoms with van der Waals surface area (Å²) < 4.78 is 2.28. The first-order valence-electron chi connectivity index (χ1n) is 7.77. The third-order valence-electron chi connectivity index (χ3n) is 3.80. The van der Waals surface area contributed by atoms with E-state index in [2.05, 4.69) is 57.8 Å². The van der Waals surface area contributed by atoms with Gasteiger partial charge >= 0.3 is 0 Å². The molecule has 0 aliphatic carbocycles. The molecule has 0 fully saturated rings. The molecule has 0 radical (unpaired) electrons. The second-order valence-corrected chi connectivity index (χ2v) is 7.35. The monoisotopic (exact) mass is 403 g/mol. The van der Waals surface area contributed by atoms with E-state index in [0.717, 1.165) is 15.4 Å². The largest absolute Gasteiger partial charge is 0.324 e. The minimum Gasteiger partial charge on any atom is -0.324 e. The fraction of sp³-hybridized carbons (Fsp3) is 0.647. The predicted octanol–water partition coefficient (Wildman–Crippen LogP) is 6.66. The Labute approximate surface area is 141 Å². The lowest BCUT2D eigenvalue weighted by Crippen LogP contribution is -2.11. The number of aryl methyl sites for hydroxylation is 1. The van der Waals surface area contributed by atoms with Crippen LogP contribution in [0.4, 0.5) is 0 Å². The average molecular weight is 405 g/mol. The molecule has 0 heterocycles. The molecule has 1 aromatic rings. The normalized spacial score (nSPS) is 12.7. The zero-order chi connectivity index (χ0) is 15.0. The molecular weight excluding hydrogens is 378 g/mol. The van der Waals surface area contributed by atoms with Crippen molar-refractivity contribution in [3.05, 3.63) is 32.2 Å². The minimum atomic E-state index is 0.136. The SMILES string of the molecule is CCCCCCCCCC(N)c1cc(Br)c(C)cc1Br. The Hall–Kier alpha value is 0.140. The molecule has 0 saturated heterocycles. The van der Waals surface area contributed by atoms with Crippen molar-refractivity contribution in [1.29, 1.82) is 0 Å². The van der Waals surface area contributed by atoms with Gasteiger partial charge in [0.2, 0.25) is 0 Å². The van der Waals surface area contributed by atoms with Gasteiger partial charge in [0.15, 0.2) is 0 Å². The smallest absolute Gasteiger partial charge is 0.0306 e. The van der Waals surface area contributed by atoms with Crippen LogP contribution in [0.3, 0.4) is 0 Å². The second kappa shape index (κ2) is 9.97. The lowest BCUT2D eigenvalue weighted by molar-refractivity contribution is 0.540. The first kappa shape index (κ1) is 18.2. The summed E-state index contributed by atoms with van der Waals surface area (Å²) in [4.78, 5) is 0. The average Bonchev–Trinajstić information content (AvgIpc) is 2.41. The highest BCUT2D eigenvalue weighted by Gasteiger charge is 2.11. The summed E-state index contributed by atoms with van der Waals surface area (Å²) in [5.41, 5.74) is 8.78.